The number of hydrogen-bond donors (Lipinski definition) is 1. The summed E-state index contributed by atoms with van der Waals surface area (Å²) in [5.74, 6) is 0.782. The molecule has 1 heteroatoms. The molecule has 2 fully saturated rings. The molecule has 64 valence electrons. The van der Waals surface area contributed by atoms with E-state index in [9.17, 15) is 5.11 Å². The fourth-order valence-electron chi connectivity index (χ4n) is 3.30. The van der Waals surface area contributed by atoms with Crippen LogP contribution in [0, 0.1) is 16.7 Å². The predicted octanol–water partition coefficient (Wildman–Crippen LogP) is 2.19. The summed E-state index contributed by atoms with van der Waals surface area (Å²) >= 11 is 0. The van der Waals surface area contributed by atoms with E-state index >= 15 is 0 Å². The molecular formula is C10H18O. The van der Waals surface area contributed by atoms with Crippen LogP contribution >= 0.6 is 0 Å². The Labute approximate surface area is 68.8 Å². The van der Waals surface area contributed by atoms with Crippen LogP contribution in [0.1, 0.15) is 40.0 Å². The van der Waals surface area contributed by atoms with Crippen molar-refractivity contribution < 1.29 is 5.11 Å². The first-order chi connectivity index (χ1) is 4.97. The summed E-state index contributed by atoms with van der Waals surface area (Å²) in [4.78, 5) is 0. The zero-order valence-electron chi connectivity index (χ0n) is 7.72. The minimum atomic E-state index is -0.0313. The minimum absolute atomic E-state index is 0.0313. The van der Waals surface area contributed by atoms with Crippen LogP contribution in [0.15, 0.2) is 0 Å². The molecule has 0 heterocycles. The van der Waals surface area contributed by atoms with Gasteiger partial charge in [0, 0.05) is 0 Å². The first-order valence-corrected chi connectivity index (χ1v) is 4.65. The van der Waals surface area contributed by atoms with Crippen molar-refractivity contribution in [2.75, 3.05) is 0 Å². The van der Waals surface area contributed by atoms with Crippen molar-refractivity contribution >= 4 is 0 Å². The molecule has 0 radical (unpaired) electrons. The smallest absolute Gasteiger partial charge is 0.0601 e. The van der Waals surface area contributed by atoms with Gasteiger partial charge in [0.1, 0.15) is 0 Å². The minimum Gasteiger partial charge on any atom is -0.393 e. The highest BCUT2D eigenvalue weighted by molar-refractivity contribution is 5.09. The average molecular weight is 154 g/mol. The molecule has 2 aliphatic rings. The van der Waals surface area contributed by atoms with Gasteiger partial charge in [-0.15, -0.1) is 0 Å². The fourth-order valence-corrected chi connectivity index (χ4v) is 3.30. The molecule has 0 bridgehead atoms. The van der Waals surface area contributed by atoms with E-state index in [0.29, 0.717) is 5.41 Å². The molecule has 0 aromatic heterocycles. The second-order valence-electron chi connectivity index (χ2n) is 5.31. The van der Waals surface area contributed by atoms with Crippen molar-refractivity contribution in [3.8, 4) is 0 Å². The fraction of sp³-hybridized carbons (Fsp3) is 1.00. The average Bonchev–Trinajstić information content (AvgIpc) is 1.88. The van der Waals surface area contributed by atoms with Gasteiger partial charge in [-0.3, -0.25) is 0 Å². The van der Waals surface area contributed by atoms with Crippen LogP contribution in [0.4, 0.5) is 0 Å². The lowest BCUT2D eigenvalue weighted by Gasteiger charge is -2.48. The summed E-state index contributed by atoms with van der Waals surface area (Å²) in [6.07, 6.45) is 3.55. The van der Waals surface area contributed by atoms with Crippen molar-refractivity contribution in [1.82, 2.24) is 0 Å². The van der Waals surface area contributed by atoms with Gasteiger partial charge in [0.25, 0.3) is 0 Å². The topological polar surface area (TPSA) is 20.2 Å². The first kappa shape index (κ1) is 7.60. The van der Waals surface area contributed by atoms with Gasteiger partial charge in [-0.2, -0.15) is 0 Å². The Morgan fingerprint density at radius 2 is 1.91 bits per heavy atom. The van der Waals surface area contributed by atoms with E-state index in [-0.39, 0.29) is 11.5 Å². The van der Waals surface area contributed by atoms with Crippen LogP contribution in [0.25, 0.3) is 0 Å². The maximum absolute atomic E-state index is 9.81. The maximum atomic E-state index is 9.81. The molecule has 2 saturated carbocycles. The Morgan fingerprint density at radius 1 is 1.27 bits per heavy atom. The Bertz CT molecular complexity index is 185. The van der Waals surface area contributed by atoms with E-state index in [1.54, 1.807) is 0 Å². The summed E-state index contributed by atoms with van der Waals surface area (Å²) < 4.78 is 0. The van der Waals surface area contributed by atoms with Crippen LogP contribution < -0.4 is 0 Å². The summed E-state index contributed by atoms with van der Waals surface area (Å²) in [6.45, 7) is 6.84. The van der Waals surface area contributed by atoms with Gasteiger partial charge in [-0.25, -0.2) is 0 Å². The first-order valence-electron chi connectivity index (χ1n) is 4.65. The Morgan fingerprint density at radius 3 is 2.09 bits per heavy atom. The van der Waals surface area contributed by atoms with Gasteiger partial charge >= 0.3 is 0 Å². The molecule has 1 N–H and O–H groups in total. The number of rotatable bonds is 0. The van der Waals surface area contributed by atoms with Crippen molar-refractivity contribution in [2.45, 2.75) is 46.1 Å². The number of hydrogen-bond acceptors (Lipinski definition) is 1. The molecule has 2 aliphatic carbocycles. The number of fused-ring (bicyclic) bond motifs is 1. The van der Waals surface area contributed by atoms with E-state index < -0.39 is 0 Å². The lowest BCUT2D eigenvalue weighted by molar-refractivity contribution is -0.0410. The summed E-state index contributed by atoms with van der Waals surface area (Å²) in [6, 6.07) is 0. The third-order valence-electron chi connectivity index (χ3n) is 4.19. The van der Waals surface area contributed by atoms with Crippen LogP contribution in [-0.4, -0.2) is 11.2 Å². The van der Waals surface area contributed by atoms with E-state index in [0.717, 1.165) is 12.3 Å². The van der Waals surface area contributed by atoms with E-state index in [4.69, 9.17) is 0 Å². The molecule has 1 nitrogen and oxygen atoms in total. The lowest BCUT2D eigenvalue weighted by atomic mass is 9.57. The van der Waals surface area contributed by atoms with Crippen molar-refractivity contribution in [2.24, 2.45) is 16.7 Å². The maximum Gasteiger partial charge on any atom is 0.0601 e. The molecule has 0 unspecified atom stereocenters. The molecule has 0 amide bonds. The molecule has 0 aromatic carbocycles. The van der Waals surface area contributed by atoms with Gasteiger partial charge in [0.2, 0.25) is 0 Å². The zero-order chi connectivity index (χ0) is 8.28. The highest BCUT2D eigenvalue weighted by Crippen LogP contribution is 2.64. The Hall–Kier alpha value is -0.0400. The monoisotopic (exact) mass is 154 g/mol. The van der Waals surface area contributed by atoms with E-state index in [2.05, 4.69) is 20.8 Å². The largest absolute Gasteiger partial charge is 0.393 e. The van der Waals surface area contributed by atoms with E-state index in [1.807, 2.05) is 0 Å². The predicted molar refractivity (Wildman–Crippen MR) is 45.2 cm³/mol. The number of aliphatic hydroxyl groups excluding tert-OH is 1. The Kier molecular flexibility index (Phi) is 1.26. The number of aliphatic hydroxyl groups is 1. The van der Waals surface area contributed by atoms with Crippen LogP contribution in [0.2, 0.25) is 0 Å². The van der Waals surface area contributed by atoms with Gasteiger partial charge in [-0.1, -0.05) is 20.8 Å². The molecule has 3 atom stereocenters. The van der Waals surface area contributed by atoms with Gasteiger partial charge < -0.3 is 5.11 Å². The van der Waals surface area contributed by atoms with Gasteiger partial charge in [0.05, 0.1) is 6.10 Å². The third-order valence-corrected chi connectivity index (χ3v) is 4.19. The molecule has 0 aromatic rings. The standard InChI is InChI=1S/C10H18O/c1-9(2)6-8(11)10(3)5-4-7(9)10/h7-8,11H,4-6H2,1-3H3/t7-,8+,10-/m1/s1. The Balaban J connectivity index is 2.28. The SMILES string of the molecule is CC1(C)C[C@H](O)[C@]2(C)CC[C@H]12. The second-order valence-corrected chi connectivity index (χ2v) is 5.31. The zero-order valence-corrected chi connectivity index (χ0v) is 7.72. The molecule has 0 saturated heterocycles. The molecule has 2 rings (SSSR count). The van der Waals surface area contributed by atoms with Crippen molar-refractivity contribution in [3.05, 3.63) is 0 Å². The lowest BCUT2D eigenvalue weighted by Crippen LogP contribution is -2.43. The van der Waals surface area contributed by atoms with Crippen LogP contribution in [0.3, 0.4) is 0 Å². The van der Waals surface area contributed by atoms with Crippen molar-refractivity contribution in [1.29, 1.82) is 0 Å². The third kappa shape index (κ3) is 0.752. The second kappa shape index (κ2) is 1.82. The van der Waals surface area contributed by atoms with Crippen LogP contribution in [0.5, 0.6) is 0 Å². The quantitative estimate of drug-likeness (QED) is 0.567. The summed E-state index contributed by atoms with van der Waals surface area (Å²) in [5, 5.41) is 9.81. The molecule has 0 spiro atoms. The summed E-state index contributed by atoms with van der Waals surface area (Å²) in [7, 11) is 0. The van der Waals surface area contributed by atoms with Crippen molar-refractivity contribution in [3.63, 3.8) is 0 Å². The van der Waals surface area contributed by atoms with Crippen LogP contribution in [-0.2, 0) is 0 Å². The molecule has 0 aliphatic heterocycles. The molecule has 11 heavy (non-hydrogen) atoms. The highest BCUT2D eigenvalue weighted by atomic mass is 16.3. The summed E-state index contributed by atoms with van der Waals surface area (Å²) in [5.41, 5.74) is 0.677. The normalized spacial score (nSPS) is 53.5. The van der Waals surface area contributed by atoms with E-state index in [1.165, 1.54) is 12.8 Å². The van der Waals surface area contributed by atoms with Gasteiger partial charge in [0.15, 0.2) is 0 Å². The highest BCUT2D eigenvalue weighted by Gasteiger charge is 2.60. The molecular weight excluding hydrogens is 136 g/mol. The van der Waals surface area contributed by atoms with Gasteiger partial charge in [-0.05, 0) is 36.0 Å².